The van der Waals surface area contributed by atoms with Crippen molar-refractivity contribution in [1.29, 1.82) is 0 Å². The predicted molar refractivity (Wildman–Crippen MR) is 77.3 cm³/mol. The van der Waals surface area contributed by atoms with E-state index in [9.17, 15) is 9.59 Å². The van der Waals surface area contributed by atoms with Crippen molar-refractivity contribution in [3.63, 3.8) is 0 Å². The fourth-order valence-electron chi connectivity index (χ4n) is 4.58. The maximum absolute atomic E-state index is 11.4. The number of esters is 2. The number of carbonyl (C=O) groups excluding carboxylic acids is 2. The monoisotopic (exact) mass is 290 g/mol. The van der Waals surface area contributed by atoms with Crippen molar-refractivity contribution >= 4 is 11.9 Å². The van der Waals surface area contributed by atoms with Crippen LogP contribution in [0.2, 0.25) is 0 Å². The Kier molecular flexibility index (Phi) is 3.42. The number of hydrogen-bond acceptors (Lipinski definition) is 4. The molecule has 4 nitrogen and oxygen atoms in total. The van der Waals surface area contributed by atoms with Gasteiger partial charge in [-0.05, 0) is 37.7 Å². The zero-order chi connectivity index (χ0) is 15.2. The Morgan fingerprint density at radius 2 is 2.00 bits per heavy atom. The Bertz CT molecular complexity index is 521. The lowest BCUT2D eigenvalue weighted by Crippen LogP contribution is -2.48. The minimum Gasteiger partial charge on any atom is -0.462 e. The first-order chi connectivity index (χ1) is 9.92. The number of ether oxygens (including phenoxy) is 2. The highest BCUT2D eigenvalue weighted by atomic mass is 16.5. The summed E-state index contributed by atoms with van der Waals surface area (Å²) in [5.41, 5.74) is 1.09. The van der Waals surface area contributed by atoms with Gasteiger partial charge in [-0.15, -0.1) is 0 Å². The lowest BCUT2D eigenvalue weighted by Gasteiger charge is -2.48. The van der Waals surface area contributed by atoms with E-state index >= 15 is 0 Å². The number of fused-ring (bicyclic) bond motifs is 1. The van der Waals surface area contributed by atoms with Gasteiger partial charge in [-0.1, -0.05) is 18.2 Å². The normalized spacial score (nSPS) is 40.6. The summed E-state index contributed by atoms with van der Waals surface area (Å²) >= 11 is 0. The van der Waals surface area contributed by atoms with Gasteiger partial charge in [0.05, 0.1) is 0 Å². The standard InChI is InChI=1S/C17H22O4/c1-10-8-17-9-14(10)15(20-11(2)18)7-13(17)5-4-6-16(17)21-12(3)19/h4,6,13-16H,1,5,7-9H2,2-3H3/t13-,14-,15?,16?,17+/m1/s1. The SMILES string of the molecule is C=C1C[C@]23C[C@H]1C(OC(C)=O)C[C@H]2CC=CC3OC(C)=O. The molecule has 2 bridgehead atoms. The smallest absolute Gasteiger partial charge is 0.303 e. The Labute approximate surface area is 125 Å². The highest BCUT2D eigenvalue weighted by molar-refractivity contribution is 5.67. The Morgan fingerprint density at radius 3 is 2.67 bits per heavy atom. The third kappa shape index (κ3) is 2.30. The number of carbonyl (C=O) groups is 2. The molecule has 0 saturated heterocycles. The first kappa shape index (κ1) is 14.4. The van der Waals surface area contributed by atoms with Crippen LogP contribution in [0, 0.1) is 17.3 Å². The Balaban J connectivity index is 1.90. The van der Waals surface area contributed by atoms with Gasteiger partial charge in [-0.25, -0.2) is 0 Å². The van der Waals surface area contributed by atoms with E-state index in [4.69, 9.17) is 9.47 Å². The van der Waals surface area contributed by atoms with E-state index in [0.717, 1.165) is 31.3 Å². The third-order valence-electron chi connectivity index (χ3n) is 5.37. The van der Waals surface area contributed by atoms with Crippen molar-refractivity contribution in [2.24, 2.45) is 17.3 Å². The molecule has 3 aliphatic carbocycles. The summed E-state index contributed by atoms with van der Waals surface area (Å²) in [6.07, 6.45) is 7.43. The lowest BCUT2D eigenvalue weighted by molar-refractivity contribution is -0.161. The van der Waals surface area contributed by atoms with Crippen molar-refractivity contribution in [2.75, 3.05) is 0 Å². The van der Waals surface area contributed by atoms with Gasteiger partial charge in [0.25, 0.3) is 0 Å². The molecule has 0 aliphatic heterocycles. The fourth-order valence-corrected chi connectivity index (χ4v) is 4.58. The molecule has 0 aromatic rings. The molecule has 114 valence electrons. The molecule has 0 aromatic heterocycles. The van der Waals surface area contributed by atoms with Crippen LogP contribution in [0.5, 0.6) is 0 Å². The maximum Gasteiger partial charge on any atom is 0.303 e. The fraction of sp³-hybridized carbons (Fsp3) is 0.647. The quantitative estimate of drug-likeness (QED) is 0.579. The van der Waals surface area contributed by atoms with Gasteiger partial charge in [0.15, 0.2) is 0 Å². The van der Waals surface area contributed by atoms with Crippen molar-refractivity contribution in [3.05, 3.63) is 24.3 Å². The predicted octanol–water partition coefficient (Wildman–Crippen LogP) is 2.78. The van der Waals surface area contributed by atoms with Gasteiger partial charge in [-0.3, -0.25) is 9.59 Å². The molecule has 21 heavy (non-hydrogen) atoms. The van der Waals surface area contributed by atoms with E-state index in [1.807, 2.05) is 6.08 Å². The molecule has 3 aliphatic rings. The van der Waals surface area contributed by atoms with Crippen molar-refractivity contribution < 1.29 is 19.1 Å². The minimum absolute atomic E-state index is 0.0428. The van der Waals surface area contributed by atoms with Crippen molar-refractivity contribution in [2.45, 2.75) is 51.7 Å². The molecule has 0 radical (unpaired) electrons. The number of rotatable bonds is 2. The van der Waals surface area contributed by atoms with Gasteiger partial charge in [0.2, 0.25) is 0 Å². The van der Waals surface area contributed by atoms with Crippen LogP contribution in [0.3, 0.4) is 0 Å². The highest BCUT2D eigenvalue weighted by Gasteiger charge is 2.59. The van der Waals surface area contributed by atoms with Gasteiger partial charge < -0.3 is 9.47 Å². The summed E-state index contributed by atoms with van der Waals surface area (Å²) in [7, 11) is 0. The summed E-state index contributed by atoms with van der Waals surface area (Å²) in [5.74, 6) is 0.118. The summed E-state index contributed by atoms with van der Waals surface area (Å²) < 4.78 is 11.1. The van der Waals surface area contributed by atoms with Crippen molar-refractivity contribution in [3.8, 4) is 0 Å². The Morgan fingerprint density at radius 1 is 1.29 bits per heavy atom. The molecule has 3 rings (SSSR count). The molecule has 0 N–H and O–H groups in total. The molecule has 1 spiro atoms. The molecule has 2 unspecified atom stereocenters. The molecule has 4 heteroatoms. The molecule has 2 fully saturated rings. The summed E-state index contributed by atoms with van der Waals surface area (Å²) in [6, 6.07) is 0. The van der Waals surface area contributed by atoms with Gasteiger partial charge in [-0.2, -0.15) is 0 Å². The molecule has 0 aromatic carbocycles. The third-order valence-corrected chi connectivity index (χ3v) is 5.37. The van der Waals surface area contributed by atoms with E-state index < -0.39 is 0 Å². The van der Waals surface area contributed by atoms with Gasteiger partial charge in [0, 0.05) is 25.2 Å². The van der Waals surface area contributed by atoms with Crippen molar-refractivity contribution in [1.82, 2.24) is 0 Å². The first-order valence-corrected chi connectivity index (χ1v) is 7.61. The average molecular weight is 290 g/mol. The topological polar surface area (TPSA) is 52.6 Å². The molecule has 0 heterocycles. The number of allylic oxidation sites excluding steroid dienone is 1. The summed E-state index contributed by atoms with van der Waals surface area (Å²) in [5, 5.41) is 0. The largest absolute Gasteiger partial charge is 0.462 e. The lowest BCUT2D eigenvalue weighted by atomic mass is 9.60. The van der Waals surface area contributed by atoms with Crippen LogP contribution in [0.1, 0.15) is 39.5 Å². The minimum atomic E-state index is -0.240. The van der Waals surface area contributed by atoms with E-state index in [-0.39, 0.29) is 35.5 Å². The summed E-state index contributed by atoms with van der Waals surface area (Å²) in [4.78, 5) is 22.7. The van der Waals surface area contributed by atoms with E-state index in [2.05, 4.69) is 12.7 Å². The van der Waals surface area contributed by atoms with Gasteiger partial charge in [0.1, 0.15) is 12.2 Å². The second-order valence-electron chi connectivity index (χ2n) is 6.65. The zero-order valence-electron chi connectivity index (χ0n) is 12.6. The first-order valence-electron chi connectivity index (χ1n) is 7.61. The van der Waals surface area contributed by atoms with E-state index in [1.165, 1.54) is 13.8 Å². The van der Waals surface area contributed by atoms with Crippen LogP contribution < -0.4 is 0 Å². The van der Waals surface area contributed by atoms with Crippen LogP contribution in [0.4, 0.5) is 0 Å². The molecular weight excluding hydrogens is 268 g/mol. The Hall–Kier alpha value is -1.58. The average Bonchev–Trinajstić information content (AvgIpc) is 2.66. The van der Waals surface area contributed by atoms with Crippen LogP contribution in [-0.4, -0.2) is 24.1 Å². The van der Waals surface area contributed by atoms with Crippen LogP contribution in [-0.2, 0) is 19.1 Å². The second-order valence-corrected chi connectivity index (χ2v) is 6.65. The molecule has 5 atom stereocenters. The van der Waals surface area contributed by atoms with Crippen LogP contribution in [0.25, 0.3) is 0 Å². The van der Waals surface area contributed by atoms with E-state index in [1.54, 1.807) is 0 Å². The summed E-state index contributed by atoms with van der Waals surface area (Å²) in [6.45, 7) is 7.12. The molecular formula is C17H22O4. The number of hydrogen-bond donors (Lipinski definition) is 0. The zero-order valence-corrected chi connectivity index (χ0v) is 12.6. The van der Waals surface area contributed by atoms with E-state index in [0.29, 0.717) is 5.92 Å². The molecule has 0 amide bonds. The van der Waals surface area contributed by atoms with Crippen LogP contribution >= 0.6 is 0 Å². The molecule has 2 saturated carbocycles. The highest BCUT2D eigenvalue weighted by Crippen LogP contribution is 2.61. The maximum atomic E-state index is 11.4. The van der Waals surface area contributed by atoms with Gasteiger partial charge >= 0.3 is 11.9 Å². The second kappa shape index (κ2) is 5.00. The van der Waals surface area contributed by atoms with Crippen LogP contribution in [0.15, 0.2) is 24.3 Å².